The average molecular weight is 252 g/mol. The van der Waals surface area contributed by atoms with E-state index in [9.17, 15) is 5.11 Å². The van der Waals surface area contributed by atoms with Gasteiger partial charge in [-0.25, -0.2) is 0 Å². The van der Waals surface area contributed by atoms with Crippen LogP contribution in [0.2, 0.25) is 0 Å². The molecule has 3 aromatic rings. The van der Waals surface area contributed by atoms with Gasteiger partial charge in [-0.2, -0.15) is 5.10 Å². The number of aryl methyl sites for hydroxylation is 1. The van der Waals surface area contributed by atoms with E-state index < -0.39 is 6.10 Å². The largest absolute Gasteiger partial charge is 0.386 e. The molecule has 0 aliphatic rings. The second-order valence-corrected chi connectivity index (χ2v) is 4.82. The first kappa shape index (κ1) is 11.9. The lowest BCUT2D eigenvalue weighted by Gasteiger charge is -2.13. The lowest BCUT2D eigenvalue weighted by atomic mass is 10.0. The summed E-state index contributed by atoms with van der Waals surface area (Å²) in [6, 6.07) is 14.1. The lowest BCUT2D eigenvalue weighted by Crippen LogP contribution is -2.09. The van der Waals surface area contributed by atoms with Crippen molar-refractivity contribution in [1.82, 2.24) is 9.78 Å². The second kappa shape index (κ2) is 4.86. The maximum atomic E-state index is 10.4. The van der Waals surface area contributed by atoms with Crippen molar-refractivity contribution in [2.75, 3.05) is 0 Å². The van der Waals surface area contributed by atoms with E-state index >= 15 is 0 Å². The van der Waals surface area contributed by atoms with Crippen LogP contribution in [0.4, 0.5) is 0 Å². The molecule has 0 saturated carbocycles. The van der Waals surface area contributed by atoms with Crippen LogP contribution in [-0.4, -0.2) is 14.9 Å². The summed E-state index contributed by atoms with van der Waals surface area (Å²) in [7, 11) is 0. The van der Waals surface area contributed by atoms with Crippen LogP contribution in [0.5, 0.6) is 0 Å². The highest BCUT2D eigenvalue weighted by molar-refractivity contribution is 5.85. The Morgan fingerprint density at radius 2 is 1.95 bits per heavy atom. The number of aromatic nitrogens is 2. The van der Waals surface area contributed by atoms with Gasteiger partial charge in [0, 0.05) is 6.20 Å². The highest BCUT2D eigenvalue weighted by Gasteiger charge is 2.12. The Bertz CT molecular complexity index is 697. The molecule has 3 nitrogen and oxygen atoms in total. The Hall–Kier alpha value is -2.13. The Kier molecular flexibility index (Phi) is 3.05. The predicted octanol–water partition coefficient (Wildman–Crippen LogP) is 3.08. The van der Waals surface area contributed by atoms with E-state index in [4.69, 9.17) is 0 Å². The molecule has 3 rings (SSSR count). The number of nitrogens with zero attached hydrogens (tertiary/aromatic N) is 2. The van der Waals surface area contributed by atoms with Gasteiger partial charge in [0.15, 0.2) is 0 Å². The van der Waals surface area contributed by atoms with Crippen molar-refractivity contribution in [2.45, 2.75) is 19.6 Å². The number of aliphatic hydroxyl groups excluding tert-OH is 1. The van der Waals surface area contributed by atoms with Crippen molar-refractivity contribution in [1.29, 1.82) is 0 Å². The highest BCUT2D eigenvalue weighted by Crippen LogP contribution is 2.25. The fourth-order valence-corrected chi connectivity index (χ4v) is 2.38. The quantitative estimate of drug-likeness (QED) is 0.778. The number of fused-ring (bicyclic) bond motifs is 1. The molecular weight excluding hydrogens is 236 g/mol. The van der Waals surface area contributed by atoms with Crippen molar-refractivity contribution in [2.24, 2.45) is 0 Å². The third-order valence-corrected chi connectivity index (χ3v) is 3.30. The van der Waals surface area contributed by atoms with E-state index in [0.29, 0.717) is 6.54 Å². The molecule has 1 atom stereocenters. The van der Waals surface area contributed by atoms with E-state index in [1.807, 2.05) is 43.5 Å². The first-order valence-electron chi connectivity index (χ1n) is 6.39. The minimum absolute atomic E-state index is 0.474. The number of benzene rings is 2. The Labute approximate surface area is 112 Å². The van der Waals surface area contributed by atoms with Gasteiger partial charge in [-0.15, -0.1) is 0 Å². The van der Waals surface area contributed by atoms with Gasteiger partial charge in [-0.05, 0) is 28.8 Å². The van der Waals surface area contributed by atoms with Crippen molar-refractivity contribution >= 4 is 10.8 Å². The zero-order valence-corrected chi connectivity index (χ0v) is 10.8. The van der Waals surface area contributed by atoms with Crippen LogP contribution >= 0.6 is 0 Å². The molecule has 0 aliphatic heterocycles. The SMILES string of the molecule is Cc1cnn(CC(O)c2cccc3ccccc23)c1. The molecule has 0 saturated heterocycles. The molecule has 0 radical (unpaired) electrons. The number of hydrogen-bond donors (Lipinski definition) is 1. The molecule has 96 valence electrons. The molecule has 1 N–H and O–H groups in total. The van der Waals surface area contributed by atoms with Crippen LogP contribution in [0.25, 0.3) is 10.8 Å². The number of rotatable bonds is 3. The summed E-state index contributed by atoms with van der Waals surface area (Å²) in [6.07, 6.45) is 3.19. The smallest absolute Gasteiger partial charge is 0.0991 e. The van der Waals surface area contributed by atoms with Gasteiger partial charge in [0.05, 0.1) is 18.8 Å². The monoisotopic (exact) mass is 252 g/mol. The van der Waals surface area contributed by atoms with Crippen molar-refractivity contribution in [3.8, 4) is 0 Å². The summed E-state index contributed by atoms with van der Waals surface area (Å²) in [5.74, 6) is 0. The van der Waals surface area contributed by atoms with Gasteiger partial charge in [0.1, 0.15) is 0 Å². The maximum absolute atomic E-state index is 10.4. The Morgan fingerprint density at radius 3 is 2.74 bits per heavy atom. The molecule has 1 heterocycles. The lowest BCUT2D eigenvalue weighted by molar-refractivity contribution is 0.153. The van der Waals surface area contributed by atoms with E-state index in [0.717, 1.165) is 21.9 Å². The predicted molar refractivity (Wildman–Crippen MR) is 75.9 cm³/mol. The summed E-state index contributed by atoms with van der Waals surface area (Å²) < 4.78 is 1.78. The molecule has 0 fully saturated rings. The standard InChI is InChI=1S/C16H16N2O/c1-12-9-17-18(10-12)11-16(19)15-8-4-6-13-5-2-3-7-14(13)15/h2-10,16,19H,11H2,1H3. The summed E-state index contributed by atoms with van der Waals surface area (Å²) >= 11 is 0. The van der Waals surface area contributed by atoms with Crippen molar-refractivity contribution < 1.29 is 5.11 Å². The molecule has 1 aromatic heterocycles. The van der Waals surface area contributed by atoms with E-state index in [-0.39, 0.29) is 0 Å². The zero-order valence-electron chi connectivity index (χ0n) is 10.8. The van der Waals surface area contributed by atoms with Crippen LogP contribution in [0.15, 0.2) is 54.9 Å². The van der Waals surface area contributed by atoms with Crippen LogP contribution in [0, 0.1) is 6.92 Å². The number of hydrogen-bond acceptors (Lipinski definition) is 2. The third-order valence-electron chi connectivity index (χ3n) is 3.30. The minimum atomic E-state index is -0.551. The van der Waals surface area contributed by atoms with Gasteiger partial charge in [-0.3, -0.25) is 4.68 Å². The van der Waals surface area contributed by atoms with Crippen LogP contribution in [-0.2, 0) is 6.54 Å². The van der Waals surface area contributed by atoms with E-state index in [1.54, 1.807) is 10.9 Å². The van der Waals surface area contributed by atoms with E-state index in [1.165, 1.54) is 0 Å². The highest BCUT2D eigenvalue weighted by atomic mass is 16.3. The van der Waals surface area contributed by atoms with Crippen molar-refractivity contribution in [3.63, 3.8) is 0 Å². The van der Waals surface area contributed by atoms with Gasteiger partial charge >= 0.3 is 0 Å². The van der Waals surface area contributed by atoms with Crippen LogP contribution in [0.1, 0.15) is 17.2 Å². The van der Waals surface area contributed by atoms with Crippen LogP contribution < -0.4 is 0 Å². The fourth-order valence-electron chi connectivity index (χ4n) is 2.38. The molecule has 0 amide bonds. The topological polar surface area (TPSA) is 38.0 Å². The Balaban J connectivity index is 1.95. The average Bonchev–Trinajstić information content (AvgIpc) is 2.83. The first-order chi connectivity index (χ1) is 9.24. The summed E-state index contributed by atoms with van der Waals surface area (Å²) in [5.41, 5.74) is 2.05. The fraction of sp³-hybridized carbons (Fsp3) is 0.188. The van der Waals surface area contributed by atoms with Gasteiger partial charge in [0.2, 0.25) is 0 Å². The molecule has 1 unspecified atom stereocenters. The van der Waals surface area contributed by atoms with Gasteiger partial charge in [-0.1, -0.05) is 42.5 Å². The Morgan fingerprint density at radius 1 is 1.16 bits per heavy atom. The second-order valence-electron chi connectivity index (χ2n) is 4.82. The molecule has 2 aromatic carbocycles. The minimum Gasteiger partial charge on any atom is -0.386 e. The third kappa shape index (κ3) is 2.37. The molecule has 0 spiro atoms. The maximum Gasteiger partial charge on any atom is 0.0991 e. The summed E-state index contributed by atoms with van der Waals surface area (Å²) in [4.78, 5) is 0. The summed E-state index contributed by atoms with van der Waals surface area (Å²) in [6.45, 7) is 2.47. The van der Waals surface area contributed by atoms with Crippen molar-refractivity contribution in [3.05, 3.63) is 66.0 Å². The first-order valence-corrected chi connectivity index (χ1v) is 6.39. The van der Waals surface area contributed by atoms with Gasteiger partial charge < -0.3 is 5.11 Å². The zero-order chi connectivity index (χ0) is 13.2. The molecule has 19 heavy (non-hydrogen) atoms. The molecular formula is C16H16N2O. The molecule has 0 aliphatic carbocycles. The van der Waals surface area contributed by atoms with E-state index in [2.05, 4.69) is 17.2 Å². The van der Waals surface area contributed by atoms with Crippen LogP contribution in [0.3, 0.4) is 0 Å². The molecule has 0 bridgehead atoms. The van der Waals surface area contributed by atoms with Gasteiger partial charge in [0.25, 0.3) is 0 Å². The molecule has 3 heteroatoms. The number of aliphatic hydroxyl groups is 1. The normalized spacial score (nSPS) is 12.7. The summed E-state index contributed by atoms with van der Waals surface area (Å²) in [5, 5.41) is 16.9.